The second kappa shape index (κ2) is 6.92. The number of phenols is 1. The van der Waals surface area contributed by atoms with Gasteiger partial charge in [0, 0.05) is 5.69 Å². The lowest BCUT2D eigenvalue weighted by Gasteiger charge is -2.10. The Morgan fingerprint density at radius 1 is 1.04 bits per heavy atom. The molecule has 4 heteroatoms. The molecule has 0 aliphatic rings. The summed E-state index contributed by atoms with van der Waals surface area (Å²) >= 11 is 0. The lowest BCUT2D eigenvalue weighted by Crippen LogP contribution is -2.19. The van der Waals surface area contributed by atoms with Crippen LogP contribution >= 0.6 is 0 Å². The van der Waals surface area contributed by atoms with Crippen molar-refractivity contribution >= 4 is 23.5 Å². The summed E-state index contributed by atoms with van der Waals surface area (Å²) in [6.45, 7) is 5.23. The molecule has 2 aromatic rings. The van der Waals surface area contributed by atoms with Crippen LogP contribution in [0.5, 0.6) is 5.75 Å². The maximum absolute atomic E-state index is 12.4. The van der Waals surface area contributed by atoms with Crippen LogP contribution in [0.1, 0.15) is 23.6 Å². The molecule has 0 bridgehead atoms. The summed E-state index contributed by atoms with van der Waals surface area (Å²) in [6.07, 6.45) is 1.51. The standard InChI is InChI=1S/C19H19NO3/c1-12-4-9-18(13(2)10-12)20-19(23)17(14(3)21)11-15-5-7-16(22)8-6-15/h4-11,22H,1-3H3,(H,20,23)/b17-11+. The molecule has 0 spiro atoms. The van der Waals surface area contributed by atoms with Crippen molar-refractivity contribution in [3.63, 3.8) is 0 Å². The summed E-state index contributed by atoms with van der Waals surface area (Å²) in [6, 6.07) is 12.0. The molecule has 0 aromatic heterocycles. The van der Waals surface area contributed by atoms with Crippen molar-refractivity contribution in [1.82, 2.24) is 0 Å². The van der Waals surface area contributed by atoms with Gasteiger partial charge in [-0.05, 0) is 56.2 Å². The van der Waals surface area contributed by atoms with Crippen LogP contribution in [-0.4, -0.2) is 16.8 Å². The van der Waals surface area contributed by atoms with Crippen molar-refractivity contribution in [2.24, 2.45) is 0 Å². The summed E-state index contributed by atoms with van der Waals surface area (Å²) < 4.78 is 0. The topological polar surface area (TPSA) is 66.4 Å². The molecule has 0 saturated heterocycles. The van der Waals surface area contributed by atoms with Crippen molar-refractivity contribution in [2.45, 2.75) is 20.8 Å². The first kappa shape index (κ1) is 16.5. The van der Waals surface area contributed by atoms with E-state index in [4.69, 9.17) is 0 Å². The number of carbonyl (C=O) groups is 2. The zero-order valence-electron chi connectivity index (χ0n) is 13.4. The van der Waals surface area contributed by atoms with Gasteiger partial charge in [0.1, 0.15) is 5.75 Å². The average molecular weight is 309 g/mol. The number of aryl methyl sites for hydroxylation is 2. The number of nitrogens with one attached hydrogen (secondary N) is 1. The Bertz CT molecular complexity index is 774. The molecule has 118 valence electrons. The van der Waals surface area contributed by atoms with E-state index >= 15 is 0 Å². The molecule has 0 heterocycles. The van der Waals surface area contributed by atoms with Gasteiger partial charge in [0.15, 0.2) is 5.78 Å². The lowest BCUT2D eigenvalue weighted by molar-refractivity contribution is -0.118. The third kappa shape index (κ3) is 4.30. The van der Waals surface area contributed by atoms with Gasteiger partial charge in [0.05, 0.1) is 5.57 Å². The highest BCUT2D eigenvalue weighted by atomic mass is 16.3. The normalized spacial score (nSPS) is 11.2. The van der Waals surface area contributed by atoms with Crippen LogP contribution in [0.25, 0.3) is 6.08 Å². The number of hydrogen-bond acceptors (Lipinski definition) is 3. The molecule has 1 amide bonds. The quantitative estimate of drug-likeness (QED) is 0.515. The summed E-state index contributed by atoms with van der Waals surface area (Å²) in [5.41, 5.74) is 3.45. The van der Waals surface area contributed by atoms with Gasteiger partial charge in [-0.1, -0.05) is 29.8 Å². The summed E-state index contributed by atoms with van der Waals surface area (Å²) in [5.74, 6) is -0.635. The van der Waals surface area contributed by atoms with Crippen molar-refractivity contribution in [2.75, 3.05) is 5.32 Å². The maximum atomic E-state index is 12.4. The average Bonchev–Trinajstić information content (AvgIpc) is 2.49. The monoisotopic (exact) mass is 309 g/mol. The molecule has 0 atom stereocenters. The highest BCUT2D eigenvalue weighted by Crippen LogP contribution is 2.18. The van der Waals surface area contributed by atoms with Crippen LogP contribution in [0.3, 0.4) is 0 Å². The van der Waals surface area contributed by atoms with Crippen LogP contribution in [-0.2, 0) is 9.59 Å². The number of aromatic hydroxyl groups is 1. The number of rotatable bonds is 4. The number of phenolic OH excluding ortho intramolecular Hbond substituents is 1. The number of Topliss-reactive ketones (excluding diaryl/α,β-unsaturated/α-hetero) is 1. The Labute approximate surface area is 135 Å². The highest BCUT2D eigenvalue weighted by molar-refractivity contribution is 6.25. The van der Waals surface area contributed by atoms with Gasteiger partial charge in [0.2, 0.25) is 0 Å². The van der Waals surface area contributed by atoms with Crippen LogP contribution in [0.2, 0.25) is 0 Å². The van der Waals surface area contributed by atoms with Gasteiger partial charge in [-0.3, -0.25) is 9.59 Å². The van der Waals surface area contributed by atoms with Gasteiger partial charge < -0.3 is 10.4 Å². The molecule has 2 N–H and O–H groups in total. The maximum Gasteiger partial charge on any atom is 0.259 e. The highest BCUT2D eigenvalue weighted by Gasteiger charge is 2.15. The molecular weight excluding hydrogens is 290 g/mol. The Morgan fingerprint density at radius 3 is 2.26 bits per heavy atom. The van der Waals surface area contributed by atoms with Gasteiger partial charge in [-0.15, -0.1) is 0 Å². The van der Waals surface area contributed by atoms with Crippen molar-refractivity contribution < 1.29 is 14.7 Å². The first-order valence-corrected chi connectivity index (χ1v) is 7.27. The number of hydrogen-bond donors (Lipinski definition) is 2. The molecule has 23 heavy (non-hydrogen) atoms. The minimum Gasteiger partial charge on any atom is -0.508 e. The molecule has 2 rings (SSSR count). The third-order valence-corrected chi connectivity index (χ3v) is 3.46. The number of anilines is 1. The fraction of sp³-hybridized carbons (Fsp3) is 0.158. The molecule has 0 unspecified atom stereocenters. The van der Waals surface area contributed by atoms with Gasteiger partial charge in [-0.25, -0.2) is 0 Å². The second-order valence-electron chi connectivity index (χ2n) is 5.48. The van der Waals surface area contributed by atoms with Crippen LogP contribution in [0.4, 0.5) is 5.69 Å². The zero-order valence-corrected chi connectivity index (χ0v) is 13.4. The van der Waals surface area contributed by atoms with E-state index < -0.39 is 5.91 Å². The van der Waals surface area contributed by atoms with E-state index in [0.717, 1.165) is 11.1 Å². The van der Waals surface area contributed by atoms with Crippen molar-refractivity contribution in [1.29, 1.82) is 0 Å². The first-order chi connectivity index (χ1) is 10.9. The molecular formula is C19H19NO3. The summed E-state index contributed by atoms with van der Waals surface area (Å²) in [5, 5.41) is 12.1. The summed E-state index contributed by atoms with van der Waals surface area (Å²) in [7, 11) is 0. The predicted molar refractivity (Wildman–Crippen MR) is 91.3 cm³/mol. The smallest absolute Gasteiger partial charge is 0.259 e. The van der Waals surface area contributed by atoms with E-state index in [2.05, 4.69) is 5.32 Å². The van der Waals surface area contributed by atoms with Crippen molar-refractivity contribution in [3.8, 4) is 5.75 Å². The van der Waals surface area contributed by atoms with E-state index in [-0.39, 0.29) is 17.1 Å². The number of carbonyl (C=O) groups excluding carboxylic acids is 2. The molecule has 0 aliphatic carbocycles. The van der Waals surface area contributed by atoms with Crippen LogP contribution in [0, 0.1) is 13.8 Å². The number of amides is 1. The SMILES string of the molecule is CC(=O)/C(=C\c1ccc(O)cc1)C(=O)Nc1ccc(C)cc1C. The van der Waals surface area contributed by atoms with E-state index in [1.807, 2.05) is 32.0 Å². The second-order valence-corrected chi connectivity index (χ2v) is 5.48. The third-order valence-electron chi connectivity index (χ3n) is 3.46. The van der Waals surface area contributed by atoms with Gasteiger partial charge in [0.25, 0.3) is 5.91 Å². The number of benzene rings is 2. The molecule has 0 aliphatic heterocycles. The molecule has 0 fully saturated rings. The zero-order chi connectivity index (χ0) is 17.0. The Hall–Kier alpha value is -2.88. The Morgan fingerprint density at radius 2 is 1.70 bits per heavy atom. The van der Waals surface area contributed by atoms with E-state index in [1.165, 1.54) is 25.1 Å². The minimum absolute atomic E-state index is 0.0654. The molecule has 4 nitrogen and oxygen atoms in total. The lowest BCUT2D eigenvalue weighted by atomic mass is 10.1. The Balaban J connectivity index is 2.28. The largest absolute Gasteiger partial charge is 0.508 e. The van der Waals surface area contributed by atoms with Gasteiger partial charge in [-0.2, -0.15) is 0 Å². The van der Waals surface area contributed by atoms with Crippen LogP contribution in [0.15, 0.2) is 48.0 Å². The fourth-order valence-electron chi connectivity index (χ4n) is 2.21. The van der Waals surface area contributed by atoms with E-state index in [9.17, 15) is 14.7 Å². The van der Waals surface area contributed by atoms with E-state index in [1.54, 1.807) is 12.1 Å². The molecule has 0 saturated carbocycles. The fourth-order valence-corrected chi connectivity index (χ4v) is 2.21. The molecule has 0 radical (unpaired) electrons. The molecule has 2 aromatic carbocycles. The predicted octanol–water partition coefficient (Wildman–Crippen LogP) is 3.62. The first-order valence-electron chi connectivity index (χ1n) is 7.27. The van der Waals surface area contributed by atoms with Gasteiger partial charge >= 0.3 is 0 Å². The minimum atomic E-state index is -0.447. The Kier molecular flexibility index (Phi) is 4.96. The van der Waals surface area contributed by atoms with Crippen molar-refractivity contribution in [3.05, 3.63) is 64.7 Å². The van der Waals surface area contributed by atoms with Crippen LogP contribution < -0.4 is 5.32 Å². The number of ketones is 1. The summed E-state index contributed by atoms with van der Waals surface area (Å²) in [4.78, 5) is 24.2. The van der Waals surface area contributed by atoms with E-state index in [0.29, 0.717) is 11.3 Å².